The van der Waals surface area contributed by atoms with Crippen LogP contribution in [0.2, 0.25) is 0 Å². The van der Waals surface area contributed by atoms with Crippen molar-refractivity contribution in [2.45, 2.75) is 38.6 Å². The molecule has 0 aliphatic heterocycles. The van der Waals surface area contributed by atoms with E-state index in [9.17, 15) is 4.79 Å². The highest BCUT2D eigenvalue weighted by Gasteiger charge is 2.18. The Morgan fingerprint density at radius 3 is 2.68 bits per heavy atom. The summed E-state index contributed by atoms with van der Waals surface area (Å²) in [4.78, 5) is 18.7. The lowest BCUT2D eigenvalue weighted by Crippen LogP contribution is -2.41. The van der Waals surface area contributed by atoms with E-state index in [1.807, 2.05) is 31.1 Å². The summed E-state index contributed by atoms with van der Waals surface area (Å²) in [6.07, 6.45) is 2.38. The molecule has 0 bridgehead atoms. The molecular formula is C18H28N4O2S. The Morgan fingerprint density at radius 2 is 2.12 bits per heavy atom. The van der Waals surface area contributed by atoms with Crippen molar-refractivity contribution in [2.24, 2.45) is 0 Å². The van der Waals surface area contributed by atoms with E-state index in [4.69, 9.17) is 4.42 Å². The van der Waals surface area contributed by atoms with E-state index >= 15 is 0 Å². The number of carbonyl (C=O) groups excluding carboxylic acids is 1. The molecule has 2 N–H and O–H groups in total. The number of amides is 2. The first-order valence-electron chi connectivity index (χ1n) is 8.44. The normalized spacial score (nSPS) is 13.0. The van der Waals surface area contributed by atoms with Gasteiger partial charge in [-0.2, -0.15) is 0 Å². The summed E-state index contributed by atoms with van der Waals surface area (Å²) in [5, 5.41) is 8.93. The maximum absolute atomic E-state index is 12.0. The monoisotopic (exact) mass is 364 g/mol. The third-order valence-electron chi connectivity index (χ3n) is 3.90. The smallest absolute Gasteiger partial charge is 0.314 e. The number of hydrogen-bond donors (Lipinski definition) is 2. The van der Waals surface area contributed by atoms with E-state index in [1.165, 1.54) is 0 Å². The van der Waals surface area contributed by atoms with Crippen molar-refractivity contribution < 1.29 is 9.21 Å². The van der Waals surface area contributed by atoms with Crippen LogP contribution >= 0.6 is 11.3 Å². The first kappa shape index (κ1) is 19.5. The Hall–Kier alpha value is -1.86. The van der Waals surface area contributed by atoms with Gasteiger partial charge in [0.15, 0.2) is 0 Å². The molecule has 0 saturated carbocycles. The molecule has 1 atom stereocenters. The van der Waals surface area contributed by atoms with Gasteiger partial charge in [0.05, 0.1) is 23.0 Å². The van der Waals surface area contributed by atoms with Crippen molar-refractivity contribution in [3.05, 3.63) is 40.2 Å². The van der Waals surface area contributed by atoms with Gasteiger partial charge < -0.3 is 15.1 Å². The van der Waals surface area contributed by atoms with Crippen LogP contribution in [0.1, 0.15) is 43.3 Å². The predicted molar refractivity (Wildman–Crippen MR) is 101 cm³/mol. The van der Waals surface area contributed by atoms with Crippen LogP contribution in [0.4, 0.5) is 4.79 Å². The van der Waals surface area contributed by atoms with Crippen LogP contribution in [-0.4, -0.2) is 43.1 Å². The van der Waals surface area contributed by atoms with Crippen molar-refractivity contribution >= 4 is 17.4 Å². The number of urea groups is 1. The topological polar surface area (TPSA) is 70.4 Å². The van der Waals surface area contributed by atoms with Gasteiger partial charge in [0.1, 0.15) is 5.76 Å². The summed E-state index contributed by atoms with van der Waals surface area (Å²) in [5.41, 5.74) is 1.16. The molecule has 6 nitrogen and oxygen atoms in total. The zero-order valence-electron chi connectivity index (χ0n) is 15.6. The van der Waals surface area contributed by atoms with Crippen LogP contribution in [0.15, 0.2) is 28.2 Å². The van der Waals surface area contributed by atoms with Gasteiger partial charge >= 0.3 is 6.03 Å². The standard InChI is InChI=1S/C18H28N4O2S/c1-18(2,3)15-12-25-16(21-15)8-9-19-17(23)20-11-13(22(4)5)14-7-6-10-24-14/h6-7,10,12-13H,8-9,11H2,1-5H3,(H2,19,20,23)/t13-/m0/s1. The van der Waals surface area contributed by atoms with Crippen LogP contribution in [0.3, 0.4) is 0 Å². The van der Waals surface area contributed by atoms with Crippen LogP contribution < -0.4 is 10.6 Å². The summed E-state index contributed by atoms with van der Waals surface area (Å²) in [6.45, 7) is 7.50. The fourth-order valence-electron chi connectivity index (χ4n) is 2.32. The molecule has 0 fully saturated rings. The molecule has 0 aliphatic rings. The number of nitrogens with one attached hydrogen (secondary N) is 2. The highest BCUT2D eigenvalue weighted by atomic mass is 32.1. The number of thiazole rings is 1. The molecule has 0 unspecified atom stereocenters. The van der Waals surface area contributed by atoms with Crippen molar-refractivity contribution in [1.29, 1.82) is 0 Å². The SMILES string of the molecule is CN(C)[C@@H](CNC(=O)NCCc1nc(C(C)(C)C)cs1)c1ccco1. The Labute approximate surface area is 153 Å². The van der Waals surface area contributed by atoms with Gasteiger partial charge in [-0.1, -0.05) is 20.8 Å². The molecule has 25 heavy (non-hydrogen) atoms. The molecule has 2 heterocycles. The van der Waals surface area contributed by atoms with Gasteiger partial charge in [-0.15, -0.1) is 11.3 Å². The highest BCUT2D eigenvalue weighted by molar-refractivity contribution is 7.09. The first-order valence-corrected chi connectivity index (χ1v) is 9.31. The average molecular weight is 365 g/mol. The molecular weight excluding hydrogens is 336 g/mol. The van der Waals surface area contributed by atoms with E-state index in [-0.39, 0.29) is 17.5 Å². The predicted octanol–water partition coefficient (Wildman–Crippen LogP) is 3.18. The Bertz CT molecular complexity index is 659. The number of hydrogen-bond acceptors (Lipinski definition) is 5. The second kappa shape index (κ2) is 8.49. The van der Waals surface area contributed by atoms with Crippen LogP contribution in [0.25, 0.3) is 0 Å². The lowest BCUT2D eigenvalue weighted by molar-refractivity contribution is 0.225. The van der Waals surface area contributed by atoms with Crippen molar-refractivity contribution in [1.82, 2.24) is 20.5 Å². The molecule has 0 spiro atoms. The molecule has 0 aromatic carbocycles. The molecule has 0 radical (unpaired) electrons. The lowest BCUT2D eigenvalue weighted by Gasteiger charge is -2.22. The van der Waals surface area contributed by atoms with Gasteiger partial charge in [0.2, 0.25) is 0 Å². The molecule has 0 saturated heterocycles. The fraction of sp³-hybridized carbons (Fsp3) is 0.556. The maximum atomic E-state index is 12.0. The Balaban J connectivity index is 1.74. The summed E-state index contributed by atoms with van der Waals surface area (Å²) in [7, 11) is 3.92. The molecule has 2 aromatic rings. The van der Waals surface area contributed by atoms with Crippen molar-refractivity contribution in [3.63, 3.8) is 0 Å². The van der Waals surface area contributed by atoms with E-state index in [0.29, 0.717) is 13.1 Å². The largest absolute Gasteiger partial charge is 0.468 e. The minimum absolute atomic E-state index is 0.00839. The highest BCUT2D eigenvalue weighted by Crippen LogP contribution is 2.23. The quantitative estimate of drug-likeness (QED) is 0.792. The first-order chi connectivity index (χ1) is 11.8. The summed E-state index contributed by atoms with van der Waals surface area (Å²) in [5.74, 6) is 0.836. The van der Waals surface area contributed by atoms with E-state index in [2.05, 4.69) is 41.8 Å². The maximum Gasteiger partial charge on any atom is 0.314 e. The molecule has 2 aromatic heterocycles. The van der Waals surface area contributed by atoms with Gasteiger partial charge in [0, 0.05) is 30.3 Å². The number of aromatic nitrogens is 1. The Morgan fingerprint density at radius 1 is 1.36 bits per heavy atom. The number of likely N-dealkylation sites (N-methyl/N-ethyl adjacent to an activating group) is 1. The molecule has 7 heteroatoms. The average Bonchev–Trinajstić information content (AvgIpc) is 3.18. The van der Waals surface area contributed by atoms with Crippen LogP contribution in [-0.2, 0) is 11.8 Å². The van der Waals surface area contributed by atoms with Crippen LogP contribution in [0.5, 0.6) is 0 Å². The minimum Gasteiger partial charge on any atom is -0.468 e. The van der Waals surface area contributed by atoms with Gasteiger partial charge in [-0.3, -0.25) is 4.90 Å². The second-order valence-corrected chi connectivity index (χ2v) is 8.20. The zero-order chi connectivity index (χ0) is 18.4. The van der Waals surface area contributed by atoms with Gasteiger partial charge in [-0.05, 0) is 26.2 Å². The number of nitrogens with zero attached hydrogens (tertiary/aromatic N) is 2. The molecule has 0 aliphatic carbocycles. The number of carbonyl (C=O) groups is 1. The summed E-state index contributed by atoms with van der Waals surface area (Å²) >= 11 is 1.65. The summed E-state index contributed by atoms with van der Waals surface area (Å²) in [6, 6.07) is 3.60. The molecule has 2 amide bonds. The third-order valence-corrected chi connectivity index (χ3v) is 4.80. The Kier molecular flexibility index (Phi) is 6.61. The van der Waals surface area contributed by atoms with E-state index in [0.717, 1.165) is 22.9 Å². The number of rotatable bonds is 7. The van der Waals surface area contributed by atoms with E-state index in [1.54, 1.807) is 17.6 Å². The molecule has 2 rings (SSSR count). The van der Waals surface area contributed by atoms with Crippen LogP contribution in [0, 0.1) is 0 Å². The van der Waals surface area contributed by atoms with Crippen molar-refractivity contribution in [3.8, 4) is 0 Å². The van der Waals surface area contributed by atoms with Gasteiger partial charge in [-0.25, -0.2) is 9.78 Å². The zero-order valence-corrected chi connectivity index (χ0v) is 16.4. The summed E-state index contributed by atoms with van der Waals surface area (Å²) < 4.78 is 5.44. The van der Waals surface area contributed by atoms with E-state index < -0.39 is 0 Å². The van der Waals surface area contributed by atoms with Gasteiger partial charge in [0.25, 0.3) is 0 Å². The fourth-order valence-corrected chi connectivity index (χ4v) is 3.35. The third kappa shape index (κ3) is 5.86. The molecule has 138 valence electrons. The second-order valence-electron chi connectivity index (χ2n) is 7.26. The number of furan rings is 1. The lowest BCUT2D eigenvalue weighted by atomic mass is 9.93. The minimum atomic E-state index is -0.175. The van der Waals surface area contributed by atoms with Crippen molar-refractivity contribution in [2.75, 3.05) is 27.2 Å².